The average molecular weight is 459 g/mol. The van der Waals surface area contributed by atoms with E-state index < -0.39 is 5.97 Å². The molecule has 2 aromatic carbocycles. The molecule has 0 radical (unpaired) electrons. The van der Waals surface area contributed by atoms with E-state index in [4.69, 9.17) is 5.11 Å². The highest BCUT2D eigenvalue weighted by atomic mass is 79.9. The van der Waals surface area contributed by atoms with Gasteiger partial charge in [0.15, 0.2) is 5.17 Å². The van der Waals surface area contributed by atoms with Crippen LogP contribution in [0.25, 0.3) is 6.08 Å². The summed E-state index contributed by atoms with van der Waals surface area (Å²) >= 11 is 4.59. The lowest BCUT2D eigenvalue weighted by Gasteiger charge is -2.12. The van der Waals surface area contributed by atoms with Gasteiger partial charge in [-0.1, -0.05) is 34.1 Å². The van der Waals surface area contributed by atoms with Crippen LogP contribution in [-0.4, -0.2) is 38.7 Å². The summed E-state index contributed by atoms with van der Waals surface area (Å²) in [7, 11) is 0. The van der Waals surface area contributed by atoms with Gasteiger partial charge in [-0.15, -0.1) is 6.58 Å². The maximum atomic E-state index is 12.7. The lowest BCUT2D eigenvalue weighted by molar-refractivity contribution is -0.121. The Kier molecular flexibility index (Phi) is 6.01. The number of aliphatic imine (C=N–C) groups is 1. The number of aromatic hydroxyl groups is 1. The first-order chi connectivity index (χ1) is 13.4. The number of phenols is 1. The van der Waals surface area contributed by atoms with Crippen LogP contribution in [0.15, 0.2) is 69.5 Å². The van der Waals surface area contributed by atoms with Crippen molar-refractivity contribution in [3.05, 3.63) is 75.6 Å². The van der Waals surface area contributed by atoms with Gasteiger partial charge in [0.25, 0.3) is 5.91 Å². The van der Waals surface area contributed by atoms with E-state index in [1.807, 2.05) is 24.3 Å². The number of hydrogen-bond donors (Lipinski definition) is 2. The topological polar surface area (TPSA) is 90.2 Å². The molecule has 2 N–H and O–H groups in total. The molecule has 0 aromatic heterocycles. The lowest BCUT2D eigenvalue weighted by atomic mass is 10.2. The number of aromatic carboxylic acids is 1. The molecular weight excluding hydrogens is 444 g/mol. The van der Waals surface area contributed by atoms with Gasteiger partial charge >= 0.3 is 5.97 Å². The van der Waals surface area contributed by atoms with E-state index in [0.717, 1.165) is 10.0 Å². The van der Waals surface area contributed by atoms with Crippen LogP contribution in [0.2, 0.25) is 0 Å². The summed E-state index contributed by atoms with van der Waals surface area (Å²) in [6.45, 7) is 3.96. The number of amidine groups is 1. The summed E-state index contributed by atoms with van der Waals surface area (Å²) in [5.74, 6) is -1.81. The Balaban J connectivity index is 1.95. The monoisotopic (exact) mass is 458 g/mol. The molecule has 142 valence electrons. The van der Waals surface area contributed by atoms with E-state index >= 15 is 0 Å². The standard InChI is InChI=1S/C20H15BrN2O4S/c1-2-9-23-18(25)17(10-12-3-5-13(21)6-4-12)28-20(23)22-14-7-8-15(19(26)27)16(24)11-14/h2-8,10-11,24H,1,9H2,(H,26,27)/b17-10-,22-20?. The number of amides is 1. The zero-order valence-electron chi connectivity index (χ0n) is 14.5. The molecule has 6 nitrogen and oxygen atoms in total. The Morgan fingerprint density at radius 2 is 1.96 bits per heavy atom. The molecule has 1 amide bonds. The van der Waals surface area contributed by atoms with Crippen molar-refractivity contribution in [3.63, 3.8) is 0 Å². The van der Waals surface area contributed by atoms with Crippen LogP contribution in [-0.2, 0) is 4.79 Å². The summed E-state index contributed by atoms with van der Waals surface area (Å²) in [6, 6.07) is 11.6. The Morgan fingerprint density at radius 3 is 2.57 bits per heavy atom. The Labute approximate surface area is 174 Å². The number of thioether (sulfide) groups is 1. The molecule has 0 atom stereocenters. The van der Waals surface area contributed by atoms with Crippen LogP contribution < -0.4 is 0 Å². The summed E-state index contributed by atoms with van der Waals surface area (Å²) in [5, 5.41) is 19.3. The van der Waals surface area contributed by atoms with Crippen LogP contribution in [0.4, 0.5) is 5.69 Å². The number of benzene rings is 2. The van der Waals surface area contributed by atoms with Crippen molar-refractivity contribution in [2.24, 2.45) is 4.99 Å². The van der Waals surface area contributed by atoms with Gasteiger partial charge in [0.1, 0.15) is 11.3 Å². The summed E-state index contributed by atoms with van der Waals surface area (Å²) < 4.78 is 0.945. The van der Waals surface area contributed by atoms with Crippen molar-refractivity contribution in [3.8, 4) is 5.75 Å². The van der Waals surface area contributed by atoms with Gasteiger partial charge in [-0.05, 0) is 47.7 Å². The smallest absolute Gasteiger partial charge is 0.339 e. The average Bonchev–Trinajstić information content (AvgIpc) is 2.92. The van der Waals surface area contributed by atoms with Gasteiger partial charge in [0.2, 0.25) is 0 Å². The second-order valence-electron chi connectivity index (χ2n) is 5.77. The molecular formula is C20H15BrN2O4S. The molecule has 0 bridgehead atoms. The maximum Gasteiger partial charge on any atom is 0.339 e. The van der Waals surface area contributed by atoms with Crippen molar-refractivity contribution in [2.45, 2.75) is 0 Å². The highest BCUT2D eigenvalue weighted by molar-refractivity contribution is 9.10. The quantitative estimate of drug-likeness (QED) is 0.502. The van der Waals surface area contributed by atoms with Crippen molar-refractivity contribution in [1.29, 1.82) is 0 Å². The van der Waals surface area contributed by atoms with Crippen LogP contribution in [0, 0.1) is 0 Å². The van der Waals surface area contributed by atoms with Gasteiger partial charge < -0.3 is 10.2 Å². The van der Waals surface area contributed by atoms with Gasteiger partial charge in [-0.25, -0.2) is 9.79 Å². The first-order valence-corrected chi connectivity index (χ1v) is 9.73. The Hall–Kier alpha value is -2.84. The molecule has 1 aliphatic rings. The Bertz CT molecular complexity index is 1020. The second kappa shape index (κ2) is 8.45. The van der Waals surface area contributed by atoms with E-state index in [-0.39, 0.29) is 23.8 Å². The van der Waals surface area contributed by atoms with E-state index in [9.17, 15) is 14.7 Å². The largest absolute Gasteiger partial charge is 0.507 e. The number of carbonyl (C=O) groups is 2. The maximum absolute atomic E-state index is 12.7. The van der Waals surface area contributed by atoms with Crippen LogP contribution in [0.3, 0.4) is 0 Å². The minimum atomic E-state index is -1.23. The fraction of sp³-hybridized carbons (Fsp3) is 0.0500. The summed E-state index contributed by atoms with van der Waals surface area (Å²) in [4.78, 5) is 30.2. The van der Waals surface area contributed by atoms with Crippen molar-refractivity contribution in [2.75, 3.05) is 6.54 Å². The predicted octanol–water partition coefficient (Wildman–Crippen LogP) is 4.64. The minimum Gasteiger partial charge on any atom is -0.507 e. The number of rotatable bonds is 5. The molecule has 0 unspecified atom stereocenters. The minimum absolute atomic E-state index is 0.196. The zero-order valence-corrected chi connectivity index (χ0v) is 16.9. The second-order valence-corrected chi connectivity index (χ2v) is 7.69. The SMILES string of the molecule is C=CCN1C(=O)/C(=C/c2ccc(Br)cc2)SC1=Nc1ccc(C(=O)O)c(O)c1. The van der Waals surface area contributed by atoms with Crippen LogP contribution in [0.5, 0.6) is 5.75 Å². The zero-order chi connectivity index (χ0) is 20.3. The molecule has 1 heterocycles. The van der Waals surface area contributed by atoms with Gasteiger partial charge in [-0.3, -0.25) is 9.69 Å². The third-order valence-electron chi connectivity index (χ3n) is 3.80. The third-order valence-corrected chi connectivity index (χ3v) is 5.34. The van der Waals surface area contributed by atoms with Crippen molar-refractivity contribution >= 4 is 56.5 Å². The van der Waals surface area contributed by atoms with E-state index in [1.54, 1.807) is 12.2 Å². The molecule has 1 saturated heterocycles. The van der Waals surface area contributed by atoms with E-state index in [2.05, 4.69) is 27.5 Å². The number of hydrogen-bond acceptors (Lipinski definition) is 5. The summed E-state index contributed by atoms with van der Waals surface area (Å²) in [5.41, 5.74) is 1.01. The van der Waals surface area contributed by atoms with E-state index in [1.165, 1.54) is 34.9 Å². The fourth-order valence-electron chi connectivity index (χ4n) is 2.47. The van der Waals surface area contributed by atoms with Gasteiger partial charge in [0, 0.05) is 17.1 Å². The van der Waals surface area contributed by atoms with Crippen LogP contribution >= 0.6 is 27.7 Å². The fourth-order valence-corrected chi connectivity index (χ4v) is 3.74. The van der Waals surface area contributed by atoms with Crippen molar-refractivity contribution in [1.82, 2.24) is 4.90 Å². The first kappa shape index (κ1) is 19.9. The summed E-state index contributed by atoms with van der Waals surface area (Å²) in [6.07, 6.45) is 3.38. The molecule has 1 fully saturated rings. The van der Waals surface area contributed by atoms with Gasteiger partial charge in [0.05, 0.1) is 10.6 Å². The molecule has 2 aromatic rings. The number of nitrogens with zero attached hydrogens (tertiary/aromatic N) is 2. The molecule has 0 spiro atoms. The Morgan fingerprint density at radius 1 is 1.25 bits per heavy atom. The lowest BCUT2D eigenvalue weighted by Crippen LogP contribution is -2.29. The molecule has 0 saturated carbocycles. The molecule has 3 rings (SSSR count). The first-order valence-electron chi connectivity index (χ1n) is 8.12. The predicted molar refractivity (Wildman–Crippen MR) is 114 cm³/mol. The molecule has 8 heteroatoms. The molecule has 1 aliphatic heterocycles. The molecule has 0 aliphatic carbocycles. The highest BCUT2D eigenvalue weighted by Crippen LogP contribution is 2.35. The number of carboxylic acid groups (broad SMARTS) is 1. The molecule has 28 heavy (non-hydrogen) atoms. The number of carbonyl (C=O) groups excluding carboxylic acids is 1. The van der Waals surface area contributed by atoms with Crippen molar-refractivity contribution < 1.29 is 19.8 Å². The third kappa shape index (κ3) is 4.35. The van der Waals surface area contributed by atoms with Gasteiger partial charge in [-0.2, -0.15) is 0 Å². The normalized spacial score (nSPS) is 16.8. The van der Waals surface area contributed by atoms with Crippen LogP contribution in [0.1, 0.15) is 15.9 Å². The number of carboxylic acids is 1. The van der Waals surface area contributed by atoms with E-state index in [0.29, 0.717) is 15.8 Å². The number of halogens is 1. The highest BCUT2D eigenvalue weighted by Gasteiger charge is 2.32.